The highest BCUT2D eigenvalue weighted by molar-refractivity contribution is 7.89. The highest BCUT2D eigenvalue weighted by atomic mass is 32.2. The number of halogens is 1. The minimum absolute atomic E-state index is 0.127. The Bertz CT molecular complexity index is 692. The summed E-state index contributed by atoms with van der Waals surface area (Å²) in [5, 5.41) is 2.68. The maximum Gasteiger partial charge on any atom is 0.246 e. The van der Waals surface area contributed by atoms with Crippen LogP contribution in [0.5, 0.6) is 0 Å². The van der Waals surface area contributed by atoms with Gasteiger partial charge in [0, 0.05) is 18.8 Å². The number of nitrogens with zero attached hydrogens (tertiary/aromatic N) is 1. The third-order valence-corrected chi connectivity index (χ3v) is 6.05. The standard InChI is InChI=1S/C13H16FN3O3S/c14-10-6-8(15)3-4-12(10)21(19,20)17-5-1-2-9-11(17)7-16-13(9)18/h3-4,6,9,11H,1-2,5,7,15H2,(H,16,18). The Labute approximate surface area is 122 Å². The van der Waals surface area contributed by atoms with Gasteiger partial charge in [0.1, 0.15) is 10.7 Å². The molecule has 0 spiro atoms. The molecule has 6 nitrogen and oxygen atoms in total. The highest BCUT2D eigenvalue weighted by Gasteiger charge is 2.46. The van der Waals surface area contributed by atoms with Gasteiger partial charge in [-0.3, -0.25) is 4.79 Å². The lowest BCUT2D eigenvalue weighted by atomic mass is 9.93. The molecule has 3 N–H and O–H groups in total. The molecule has 8 heteroatoms. The molecule has 0 aromatic heterocycles. The number of hydrogen-bond donors (Lipinski definition) is 2. The summed E-state index contributed by atoms with van der Waals surface area (Å²) < 4.78 is 40.5. The monoisotopic (exact) mass is 313 g/mol. The Morgan fingerprint density at radius 3 is 2.86 bits per heavy atom. The smallest absolute Gasteiger partial charge is 0.246 e. The van der Waals surface area contributed by atoms with E-state index in [0.29, 0.717) is 19.4 Å². The van der Waals surface area contributed by atoms with Crippen LogP contribution in [0, 0.1) is 11.7 Å². The fraction of sp³-hybridized carbons (Fsp3) is 0.462. The van der Waals surface area contributed by atoms with Crippen molar-refractivity contribution in [1.82, 2.24) is 9.62 Å². The summed E-state index contributed by atoms with van der Waals surface area (Å²) >= 11 is 0. The van der Waals surface area contributed by atoms with E-state index in [1.807, 2.05) is 0 Å². The number of nitrogens with one attached hydrogen (secondary N) is 1. The van der Waals surface area contributed by atoms with E-state index in [4.69, 9.17) is 5.73 Å². The molecule has 0 saturated carbocycles. The van der Waals surface area contributed by atoms with Crippen LogP contribution in [0.3, 0.4) is 0 Å². The molecular formula is C13H16FN3O3S. The molecule has 1 aromatic carbocycles. The van der Waals surface area contributed by atoms with Crippen LogP contribution in [-0.4, -0.2) is 37.8 Å². The number of amides is 1. The fourth-order valence-electron chi connectivity index (χ4n) is 3.06. The molecule has 1 aromatic rings. The van der Waals surface area contributed by atoms with Crippen molar-refractivity contribution in [2.24, 2.45) is 5.92 Å². The summed E-state index contributed by atoms with van der Waals surface area (Å²) in [4.78, 5) is 11.3. The molecule has 0 aliphatic carbocycles. The Kier molecular flexibility index (Phi) is 3.37. The second kappa shape index (κ2) is 4.96. The number of carbonyl (C=O) groups excluding carboxylic acids is 1. The molecule has 3 rings (SSSR count). The predicted molar refractivity (Wildman–Crippen MR) is 74.2 cm³/mol. The molecule has 0 radical (unpaired) electrons. The minimum Gasteiger partial charge on any atom is -0.399 e. The summed E-state index contributed by atoms with van der Waals surface area (Å²) in [6, 6.07) is 3.09. The van der Waals surface area contributed by atoms with Crippen LogP contribution in [0.15, 0.2) is 23.1 Å². The Balaban J connectivity index is 1.99. The summed E-state index contributed by atoms with van der Waals surface area (Å²) in [5.74, 6) is -1.34. The molecule has 114 valence electrons. The van der Waals surface area contributed by atoms with Gasteiger partial charge in [0.2, 0.25) is 15.9 Å². The topological polar surface area (TPSA) is 92.5 Å². The predicted octanol–water partition coefficient (Wildman–Crippen LogP) is 0.307. The first-order chi connectivity index (χ1) is 9.91. The van der Waals surface area contributed by atoms with Crippen LogP contribution < -0.4 is 11.1 Å². The van der Waals surface area contributed by atoms with E-state index in [1.54, 1.807) is 0 Å². The number of anilines is 1. The van der Waals surface area contributed by atoms with E-state index in [0.717, 1.165) is 6.07 Å². The first kappa shape index (κ1) is 14.3. The van der Waals surface area contributed by atoms with Gasteiger partial charge in [-0.15, -0.1) is 0 Å². The second-order valence-corrected chi connectivity index (χ2v) is 7.23. The Morgan fingerprint density at radius 2 is 2.14 bits per heavy atom. The molecule has 2 saturated heterocycles. The highest BCUT2D eigenvalue weighted by Crippen LogP contribution is 2.32. The number of rotatable bonds is 2. The third kappa shape index (κ3) is 2.28. The van der Waals surface area contributed by atoms with Gasteiger partial charge in [0.05, 0.1) is 12.0 Å². The SMILES string of the molecule is Nc1ccc(S(=O)(=O)N2CCCC3C(=O)NCC32)c(F)c1. The lowest BCUT2D eigenvalue weighted by molar-refractivity contribution is -0.123. The van der Waals surface area contributed by atoms with Gasteiger partial charge in [-0.2, -0.15) is 4.31 Å². The van der Waals surface area contributed by atoms with Crippen molar-refractivity contribution in [2.75, 3.05) is 18.8 Å². The summed E-state index contributed by atoms with van der Waals surface area (Å²) in [7, 11) is -3.98. The number of hydrogen-bond acceptors (Lipinski definition) is 4. The molecule has 21 heavy (non-hydrogen) atoms. The van der Waals surface area contributed by atoms with Crippen molar-refractivity contribution in [2.45, 2.75) is 23.8 Å². The molecule has 2 atom stereocenters. The molecule has 2 aliphatic heterocycles. The number of carbonyl (C=O) groups is 1. The molecule has 0 bridgehead atoms. The molecule has 2 unspecified atom stereocenters. The number of nitrogen functional groups attached to an aromatic ring is 1. The van der Waals surface area contributed by atoms with Crippen LogP contribution in [0.4, 0.5) is 10.1 Å². The van der Waals surface area contributed by atoms with Crippen molar-refractivity contribution in [1.29, 1.82) is 0 Å². The van der Waals surface area contributed by atoms with E-state index in [9.17, 15) is 17.6 Å². The first-order valence-electron chi connectivity index (χ1n) is 6.76. The lowest BCUT2D eigenvalue weighted by Gasteiger charge is -2.34. The van der Waals surface area contributed by atoms with Crippen LogP contribution >= 0.6 is 0 Å². The van der Waals surface area contributed by atoms with E-state index < -0.39 is 26.8 Å². The van der Waals surface area contributed by atoms with Gasteiger partial charge in [0.15, 0.2) is 0 Å². The van der Waals surface area contributed by atoms with Crippen LogP contribution in [0.25, 0.3) is 0 Å². The fourth-order valence-corrected chi connectivity index (χ4v) is 4.81. The van der Waals surface area contributed by atoms with Crippen molar-refractivity contribution in [3.05, 3.63) is 24.0 Å². The maximum absolute atomic E-state index is 14.0. The summed E-state index contributed by atoms with van der Waals surface area (Å²) in [6.07, 6.45) is 1.25. The molecule has 1 amide bonds. The number of sulfonamides is 1. The van der Waals surface area contributed by atoms with E-state index in [1.165, 1.54) is 16.4 Å². The zero-order valence-corrected chi connectivity index (χ0v) is 12.1. The van der Waals surface area contributed by atoms with Gasteiger partial charge in [-0.25, -0.2) is 12.8 Å². The van der Waals surface area contributed by atoms with E-state index in [2.05, 4.69) is 5.32 Å². The normalized spacial score (nSPS) is 26.4. The average molecular weight is 313 g/mol. The van der Waals surface area contributed by atoms with Gasteiger partial charge >= 0.3 is 0 Å². The third-order valence-electron chi connectivity index (χ3n) is 4.09. The number of nitrogens with two attached hydrogens (primary N) is 1. The number of piperidine rings is 1. The second-order valence-electron chi connectivity index (χ2n) is 5.37. The quantitative estimate of drug-likeness (QED) is 0.769. The minimum atomic E-state index is -3.98. The zero-order chi connectivity index (χ0) is 15.2. The molecule has 2 heterocycles. The number of fused-ring (bicyclic) bond motifs is 1. The van der Waals surface area contributed by atoms with Crippen LogP contribution in [0.1, 0.15) is 12.8 Å². The van der Waals surface area contributed by atoms with E-state index >= 15 is 0 Å². The van der Waals surface area contributed by atoms with Gasteiger partial charge in [-0.05, 0) is 31.0 Å². The van der Waals surface area contributed by atoms with Crippen LogP contribution in [0.2, 0.25) is 0 Å². The van der Waals surface area contributed by atoms with Crippen molar-refractivity contribution in [3.63, 3.8) is 0 Å². The molecule has 2 fully saturated rings. The summed E-state index contributed by atoms with van der Waals surface area (Å²) in [6.45, 7) is 0.571. The molecule has 2 aliphatic rings. The van der Waals surface area contributed by atoms with E-state index in [-0.39, 0.29) is 24.1 Å². The maximum atomic E-state index is 14.0. The first-order valence-corrected chi connectivity index (χ1v) is 8.20. The van der Waals surface area contributed by atoms with Gasteiger partial charge < -0.3 is 11.1 Å². The zero-order valence-electron chi connectivity index (χ0n) is 11.3. The summed E-state index contributed by atoms with van der Waals surface area (Å²) in [5.41, 5.74) is 5.62. The van der Waals surface area contributed by atoms with Crippen molar-refractivity contribution >= 4 is 21.6 Å². The van der Waals surface area contributed by atoms with Crippen LogP contribution in [-0.2, 0) is 14.8 Å². The van der Waals surface area contributed by atoms with Crippen molar-refractivity contribution < 1.29 is 17.6 Å². The Hall–Kier alpha value is -1.67. The van der Waals surface area contributed by atoms with Gasteiger partial charge in [0.25, 0.3) is 0 Å². The molecular weight excluding hydrogens is 297 g/mol. The Morgan fingerprint density at radius 1 is 1.38 bits per heavy atom. The van der Waals surface area contributed by atoms with Crippen molar-refractivity contribution in [3.8, 4) is 0 Å². The van der Waals surface area contributed by atoms with Gasteiger partial charge in [-0.1, -0.05) is 0 Å². The average Bonchev–Trinajstić information content (AvgIpc) is 2.80. The lowest BCUT2D eigenvalue weighted by Crippen LogP contribution is -2.48. The number of benzene rings is 1. The largest absolute Gasteiger partial charge is 0.399 e.